The summed E-state index contributed by atoms with van der Waals surface area (Å²) in [5.41, 5.74) is 0.865. The first-order valence-electron chi connectivity index (χ1n) is 8.78. The normalized spacial score (nSPS) is 14.3. The van der Waals surface area contributed by atoms with E-state index in [0.29, 0.717) is 11.3 Å². The van der Waals surface area contributed by atoms with Gasteiger partial charge in [0.05, 0.1) is 12.7 Å². The van der Waals surface area contributed by atoms with Crippen molar-refractivity contribution in [3.8, 4) is 17.2 Å². The third kappa shape index (κ3) is 3.90. The third-order valence-corrected chi connectivity index (χ3v) is 5.62. The molecule has 3 aromatic rings. The molecule has 0 atom stereocenters. The fourth-order valence-electron chi connectivity index (χ4n) is 2.85. The highest BCUT2D eigenvalue weighted by atomic mass is 32.2. The van der Waals surface area contributed by atoms with Gasteiger partial charge in [0.25, 0.3) is 0 Å². The van der Waals surface area contributed by atoms with Crippen molar-refractivity contribution in [2.24, 2.45) is 0 Å². The van der Waals surface area contributed by atoms with Gasteiger partial charge in [-0.15, -0.1) is 0 Å². The van der Waals surface area contributed by atoms with Crippen molar-refractivity contribution in [2.75, 3.05) is 7.11 Å². The number of rotatable bonds is 5. The van der Waals surface area contributed by atoms with Gasteiger partial charge in [-0.2, -0.15) is 8.42 Å². The summed E-state index contributed by atoms with van der Waals surface area (Å²) in [5, 5.41) is 0. The number of hydrogen-bond acceptors (Lipinski definition) is 6. The minimum absolute atomic E-state index is 0.000371. The van der Waals surface area contributed by atoms with Gasteiger partial charge in [-0.3, -0.25) is 4.79 Å². The number of ether oxygens (including phenoxy) is 2. The van der Waals surface area contributed by atoms with E-state index in [2.05, 4.69) is 0 Å². The van der Waals surface area contributed by atoms with Crippen molar-refractivity contribution in [1.82, 2.24) is 0 Å². The van der Waals surface area contributed by atoms with Crippen LogP contribution in [0.4, 0.5) is 4.39 Å². The maximum Gasteiger partial charge on any atom is 0.339 e. The summed E-state index contributed by atoms with van der Waals surface area (Å²) < 4.78 is 53.8. The Hall–Kier alpha value is -3.65. The van der Waals surface area contributed by atoms with Crippen LogP contribution >= 0.6 is 0 Å². The molecule has 1 aliphatic heterocycles. The highest BCUT2D eigenvalue weighted by molar-refractivity contribution is 7.87. The maximum atomic E-state index is 13.0. The molecule has 0 unspecified atom stereocenters. The van der Waals surface area contributed by atoms with E-state index >= 15 is 0 Å². The first kappa shape index (κ1) is 19.7. The largest absolute Gasteiger partial charge is 0.497 e. The molecule has 0 saturated carbocycles. The maximum absolute atomic E-state index is 13.0. The molecule has 152 valence electrons. The van der Waals surface area contributed by atoms with Gasteiger partial charge in [0, 0.05) is 6.07 Å². The molecule has 0 N–H and O–H groups in total. The summed E-state index contributed by atoms with van der Waals surface area (Å²) in [4.78, 5) is 12.5. The molecular weight excluding hydrogens is 411 g/mol. The number of fused-ring (bicyclic) bond motifs is 1. The second-order valence-corrected chi connectivity index (χ2v) is 7.91. The number of carbonyl (C=O) groups excluding carboxylic acids is 1. The van der Waals surface area contributed by atoms with Crippen molar-refractivity contribution in [3.05, 3.63) is 89.4 Å². The number of halogens is 1. The molecule has 0 bridgehead atoms. The fourth-order valence-corrected chi connectivity index (χ4v) is 3.77. The molecule has 0 aliphatic carbocycles. The Labute approximate surface area is 172 Å². The van der Waals surface area contributed by atoms with Crippen molar-refractivity contribution >= 4 is 22.0 Å². The number of hydrogen-bond donors (Lipinski definition) is 0. The van der Waals surface area contributed by atoms with E-state index in [1.165, 1.54) is 79.9 Å². The molecule has 1 heterocycles. The number of benzene rings is 3. The molecule has 0 saturated heterocycles. The van der Waals surface area contributed by atoms with E-state index in [1.54, 1.807) is 0 Å². The van der Waals surface area contributed by atoms with Crippen LogP contribution in [0.3, 0.4) is 0 Å². The Kier molecular flexibility index (Phi) is 5.01. The first-order chi connectivity index (χ1) is 14.4. The Morgan fingerprint density at radius 3 is 2.27 bits per heavy atom. The monoisotopic (exact) mass is 426 g/mol. The van der Waals surface area contributed by atoms with E-state index in [0.717, 1.165) is 0 Å². The molecule has 1 aliphatic rings. The van der Waals surface area contributed by atoms with E-state index in [-0.39, 0.29) is 39.3 Å². The predicted molar refractivity (Wildman–Crippen MR) is 107 cm³/mol. The van der Waals surface area contributed by atoms with Gasteiger partial charge in [0.2, 0.25) is 5.78 Å². The molecule has 6 nitrogen and oxygen atoms in total. The minimum atomic E-state index is -4.08. The molecule has 0 amide bonds. The molecule has 3 aromatic carbocycles. The summed E-state index contributed by atoms with van der Waals surface area (Å²) in [7, 11) is -2.60. The van der Waals surface area contributed by atoms with Crippen LogP contribution in [-0.4, -0.2) is 21.3 Å². The van der Waals surface area contributed by atoms with Gasteiger partial charge >= 0.3 is 10.1 Å². The average molecular weight is 426 g/mol. The van der Waals surface area contributed by atoms with Crippen molar-refractivity contribution in [2.45, 2.75) is 4.90 Å². The van der Waals surface area contributed by atoms with Crippen molar-refractivity contribution in [1.29, 1.82) is 0 Å². The van der Waals surface area contributed by atoms with E-state index in [9.17, 15) is 17.6 Å². The van der Waals surface area contributed by atoms with E-state index in [4.69, 9.17) is 13.7 Å². The van der Waals surface area contributed by atoms with Crippen LogP contribution in [0.15, 0.2) is 77.4 Å². The molecule has 0 aromatic heterocycles. The smallest absolute Gasteiger partial charge is 0.339 e. The average Bonchev–Trinajstić information content (AvgIpc) is 3.04. The Morgan fingerprint density at radius 1 is 0.933 bits per heavy atom. The van der Waals surface area contributed by atoms with Gasteiger partial charge in [0.1, 0.15) is 28.0 Å². The number of methoxy groups -OCH3 is 1. The van der Waals surface area contributed by atoms with Crippen LogP contribution in [0.2, 0.25) is 0 Å². The molecular formula is C22H15FO6S. The molecule has 8 heteroatoms. The lowest BCUT2D eigenvalue weighted by Crippen LogP contribution is -2.09. The molecule has 0 radical (unpaired) electrons. The highest BCUT2D eigenvalue weighted by Gasteiger charge is 2.28. The SMILES string of the molecule is COc1ccc(S(=O)(=O)Oc2ccc3c(c2)OC(=Cc2ccc(F)cc2)C3=O)cc1. The Balaban J connectivity index is 1.57. The zero-order valence-electron chi connectivity index (χ0n) is 15.7. The summed E-state index contributed by atoms with van der Waals surface area (Å²) in [6, 6.07) is 15.5. The Morgan fingerprint density at radius 2 is 1.60 bits per heavy atom. The van der Waals surface area contributed by atoms with Crippen LogP contribution in [-0.2, 0) is 10.1 Å². The lowest BCUT2D eigenvalue weighted by molar-refractivity contribution is 0.101. The van der Waals surface area contributed by atoms with Gasteiger partial charge in [-0.05, 0) is 60.2 Å². The molecule has 0 fully saturated rings. The predicted octanol–water partition coefficient (Wildman–Crippen LogP) is 4.22. The second kappa shape index (κ2) is 7.64. The Bertz CT molecular complexity index is 1250. The second-order valence-electron chi connectivity index (χ2n) is 6.36. The van der Waals surface area contributed by atoms with Gasteiger partial charge in [-0.1, -0.05) is 12.1 Å². The lowest BCUT2D eigenvalue weighted by Gasteiger charge is -2.08. The van der Waals surface area contributed by atoms with Crippen LogP contribution in [0.5, 0.6) is 17.2 Å². The van der Waals surface area contributed by atoms with Gasteiger partial charge in [-0.25, -0.2) is 4.39 Å². The highest BCUT2D eigenvalue weighted by Crippen LogP contribution is 2.35. The quantitative estimate of drug-likeness (QED) is 0.449. The van der Waals surface area contributed by atoms with Crippen LogP contribution in [0.25, 0.3) is 6.08 Å². The summed E-state index contributed by atoms with van der Waals surface area (Å²) in [5.74, 6) is -0.0142. The standard InChI is InChI=1S/C22H15FO6S/c1-27-16-6-9-18(10-7-16)30(25,26)29-17-8-11-19-20(13-17)28-21(22(19)24)12-14-2-4-15(23)5-3-14/h2-13H,1H3. The number of carbonyl (C=O) groups is 1. The van der Waals surface area contributed by atoms with Crippen molar-refractivity contribution < 1.29 is 31.3 Å². The summed E-state index contributed by atoms with van der Waals surface area (Å²) >= 11 is 0. The zero-order chi connectivity index (χ0) is 21.3. The third-order valence-electron chi connectivity index (χ3n) is 4.36. The minimum Gasteiger partial charge on any atom is -0.497 e. The fraction of sp³-hybridized carbons (Fsp3) is 0.0455. The molecule has 30 heavy (non-hydrogen) atoms. The van der Waals surface area contributed by atoms with E-state index < -0.39 is 10.1 Å². The number of Topliss-reactive ketones (excluding diaryl/α,β-unsaturated/α-hetero) is 1. The van der Waals surface area contributed by atoms with Crippen LogP contribution in [0, 0.1) is 5.82 Å². The molecule has 0 spiro atoms. The van der Waals surface area contributed by atoms with Crippen LogP contribution < -0.4 is 13.7 Å². The van der Waals surface area contributed by atoms with Gasteiger partial charge in [0.15, 0.2) is 5.76 Å². The van der Waals surface area contributed by atoms with Crippen molar-refractivity contribution in [3.63, 3.8) is 0 Å². The summed E-state index contributed by atoms with van der Waals surface area (Å²) in [6.45, 7) is 0. The summed E-state index contributed by atoms with van der Waals surface area (Å²) in [6.07, 6.45) is 1.48. The number of allylic oxidation sites excluding steroid dienone is 1. The zero-order valence-corrected chi connectivity index (χ0v) is 16.5. The first-order valence-corrected chi connectivity index (χ1v) is 10.2. The lowest BCUT2D eigenvalue weighted by atomic mass is 10.1. The van der Waals surface area contributed by atoms with Crippen LogP contribution in [0.1, 0.15) is 15.9 Å². The van der Waals surface area contributed by atoms with Gasteiger partial charge < -0.3 is 13.7 Å². The molecule has 4 rings (SSSR count). The topological polar surface area (TPSA) is 78.9 Å². The number of ketones is 1. The van der Waals surface area contributed by atoms with E-state index in [1.807, 2.05) is 0 Å².